The molecule has 19 heavy (non-hydrogen) atoms. The fraction of sp³-hybridized carbons (Fsp3) is 0.533. The number of piperidine rings is 1. The van der Waals surface area contributed by atoms with E-state index in [1.54, 1.807) is 0 Å². The van der Waals surface area contributed by atoms with Gasteiger partial charge in [0, 0.05) is 6.04 Å². The molecule has 4 heteroatoms. The highest BCUT2D eigenvalue weighted by Crippen LogP contribution is 2.26. The molecule has 0 spiro atoms. The van der Waals surface area contributed by atoms with Gasteiger partial charge < -0.3 is 10.2 Å². The summed E-state index contributed by atoms with van der Waals surface area (Å²) in [6.07, 6.45) is 2.51. The predicted molar refractivity (Wildman–Crippen MR) is 76.7 cm³/mol. The lowest BCUT2D eigenvalue weighted by Gasteiger charge is -2.35. The number of fused-ring (bicyclic) bond motifs is 1. The van der Waals surface area contributed by atoms with Crippen LogP contribution in [0.5, 0.6) is 0 Å². The van der Waals surface area contributed by atoms with Gasteiger partial charge in [-0.05, 0) is 44.4 Å². The molecule has 1 aromatic heterocycles. The number of likely N-dealkylation sites (tertiary alicyclic amines) is 1. The van der Waals surface area contributed by atoms with Crippen molar-refractivity contribution < 1.29 is 4.42 Å². The summed E-state index contributed by atoms with van der Waals surface area (Å²) in [7, 11) is 0. The highest BCUT2D eigenvalue weighted by atomic mass is 16.3. The molecule has 2 unspecified atom stereocenters. The van der Waals surface area contributed by atoms with E-state index >= 15 is 0 Å². The van der Waals surface area contributed by atoms with Crippen molar-refractivity contribution in [2.45, 2.75) is 39.3 Å². The zero-order valence-electron chi connectivity index (χ0n) is 11.6. The average molecular weight is 259 g/mol. The second-order valence-electron chi connectivity index (χ2n) is 5.75. The zero-order chi connectivity index (χ0) is 13.4. The number of nitrogens with two attached hydrogens (primary N) is 1. The Morgan fingerprint density at radius 2 is 2.26 bits per heavy atom. The van der Waals surface area contributed by atoms with Crippen LogP contribution in [0.3, 0.4) is 0 Å². The Labute approximate surface area is 113 Å². The normalized spacial score (nSPS) is 24.9. The van der Waals surface area contributed by atoms with Gasteiger partial charge in [0.15, 0.2) is 5.58 Å². The van der Waals surface area contributed by atoms with Crippen LogP contribution < -0.4 is 5.73 Å². The minimum atomic E-state index is 0.594. The first-order valence-electron chi connectivity index (χ1n) is 7.01. The largest absolute Gasteiger partial charge is 0.439 e. The second kappa shape index (κ2) is 4.85. The van der Waals surface area contributed by atoms with Crippen LogP contribution in [0.1, 0.15) is 32.6 Å². The number of hydrogen-bond acceptors (Lipinski definition) is 4. The van der Waals surface area contributed by atoms with Crippen molar-refractivity contribution in [2.75, 3.05) is 12.3 Å². The third-order valence-corrected chi connectivity index (χ3v) is 4.11. The fourth-order valence-corrected chi connectivity index (χ4v) is 2.95. The van der Waals surface area contributed by atoms with E-state index in [0.717, 1.165) is 36.0 Å². The highest BCUT2D eigenvalue weighted by molar-refractivity contribution is 5.85. The number of anilines is 1. The molecule has 0 saturated carbocycles. The quantitative estimate of drug-likeness (QED) is 0.842. The number of nitrogens with zero attached hydrogens (tertiary/aromatic N) is 2. The first-order chi connectivity index (χ1) is 9.13. The highest BCUT2D eigenvalue weighted by Gasteiger charge is 2.24. The van der Waals surface area contributed by atoms with Gasteiger partial charge in [0.05, 0.1) is 12.2 Å². The van der Waals surface area contributed by atoms with Crippen LogP contribution in [-0.2, 0) is 6.54 Å². The Kier molecular flexibility index (Phi) is 3.19. The minimum Gasteiger partial charge on any atom is -0.439 e. The van der Waals surface area contributed by atoms with Crippen molar-refractivity contribution in [1.82, 2.24) is 9.88 Å². The number of benzene rings is 1. The number of rotatable bonds is 2. The van der Waals surface area contributed by atoms with Crippen molar-refractivity contribution in [2.24, 2.45) is 5.92 Å². The maximum Gasteiger partial charge on any atom is 0.209 e. The SMILES string of the molecule is CC1CCN(Cc2nc3c(N)cccc3o2)C(C)C1. The van der Waals surface area contributed by atoms with Gasteiger partial charge in [-0.2, -0.15) is 0 Å². The summed E-state index contributed by atoms with van der Waals surface area (Å²) < 4.78 is 5.79. The molecule has 102 valence electrons. The molecule has 1 aliphatic rings. The molecule has 3 rings (SSSR count). The van der Waals surface area contributed by atoms with E-state index in [1.165, 1.54) is 12.8 Å². The van der Waals surface area contributed by atoms with Crippen LogP contribution in [-0.4, -0.2) is 22.5 Å². The Morgan fingerprint density at radius 1 is 1.42 bits per heavy atom. The van der Waals surface area contributed by atoms with Gasteiger partial charge in [-0.25, -0.2) is 4.98 Å². The first-order valence-corrected chi connectivity index (χ1v) is 7.01. The molecule has 0 amide bonds. The van der Waals surface area contributed by atoms with Gasteiger partial charge in [0.2, 0.25) is 5.89 Å². The molecule has 0 radical (unpaired) electrons. The summed E-state index contributed by atoms with van der Waals surface area (Å²) >= 11 is 0. The lowest BCUT2D eigenvalue weighted by molar-refractivity contribution is 0.112. The topological polar surface area (TPSA) is 55.3 Å². The molecule has 1 saturated heterocycles. The summed E-state index contributed by atoms with van der Waals surface area (Å²) in [4.78, 5) is 6.97. The van der Waals surface area contributed by atoms with Gasteiger partial charge >= 0.3 is 0 Å². The molecule has 1 fully saturated rings. The van der Waals surface area contributed by atoms with Crippen molar-refractivity contribution in [1.29, 1.82) is 0 Å². The van der Waals surface area contributed by atoms with Crippen molar-refractivity contribution >= 4 is 16.8 Å². The Balaban J connectivity index is 1.80. The van der Waals surface area contributed by atoms with Gasteiger partial charge in [-0.15, -0.1) is 0 Å². The zero-order valence-corrected chi connectivity index (χ0v) is 11.6. The lowest BCUT2D eigenvalue weighted by Crippen LogP contribution is -2.39. The molecule has 0 bridgehead atoms. The van der Waals surface area contributed by atoms with E-state index in [0.29, 0.717) is 11.7 Å². The van der Waals surface area contributed by atoms with Crippen LogP contribution in [0.2, 0.25) is 0 Å². The lowest BCUT2D eigenvalue weighted by atomic mass is 9.93. The van der Waals surface area contributed by atoms with Gasteiger partial charge in [0.25, 0.3) is 0 Å². The summed E-state index contributed by atoms with van der Waals surface area (Å²) in [5.74, 6) is 1.60. The van der Waals surface area contributed by atoms with Gasteiger partial charge in [-0.1, -0.05) is 13.0 Å². The summed E-state index contributed by atoms with van der Waals surface area (Å²) in [5, 5.41) is 0. The molecule has 2 N–H and O–H groups in total. The molecule has 4 nitrogen and oxygen atoms in total. The molecule has 2 aromatic rings. The van der Waals surface area contributed by atoms with E-state index in [9.17, 15) is 0 Å². The second-order valence-corrected chi connectivity index (χ2v) is 5.75. The third-order valence-electron chi connectivity index (χ3n) is 4.11. The third kappa shape index (κ3) is 2.45. The summed E-state index contributed by atoms with van der Waals surface area (Å²) in [6.45, 7) is 6.51. The molecular formula is C15H21N3O. The van der Waals surface area contributed by atoms with Crippen LogP contribution >= 0.6 is 0 Å². The summed E-state index contributed by atoms with van der Waals surface area (Å²) in [5.41, 5.74) is 8.17. The van der Waals surface area contributed by atoms with E-state index in [1.807, 2.05) is 18.2 Å². The smallest absolute Gasteiger partial charge is 0.209 e. The van der Waals surface area contributed by atoms with Crippen molar-refractivity contribution in [3.8, 4) is 0 Å². The molecular weight excluding hydrogens is 238 g/mol. The van der Waals surface area contributed by atoms with E-state index in [-0.39, 0.29) is 0 Å². The Hall–Kier alpha value is -1.55. The van der Waals surface area contributed by atoms with Crippen LogP contribution in [0.4, 0.5) is 5.69 Å². The number of oxazole rings is 1. The predicted octanol–water partition coefficient (Wildman–Crippen LogP) is 3.03. The van der Waals surface area contributed by atoms with Crippen LogP contribution in [0.25, 0.3) is 11.1 Å². The van der Waals surface area contributed by atoms with Crippen molar-refractivity contribution in [3.05, 3.63) is 24.1 Å². The molecule has 1 aromatic carbocycles. The first kappa shape index (κ1) is 12.5. The molecule has 1 aliphatic heterocycles. The number of para-hydroxylation sites is 1. The van der Waals surface area contributed by atoms with E-state index < -0.39 is 0 Å². The van der Waals surface area contributed by atoms with Gasteiger partial charge in [0.1, 0.15) is 5.52 Å². The van der Waals surface area contributed by atoms with E-state index in [2.05, 4.69) is 23.7 Å². The Bertz CT molecular complexity index is 578. The molecule has 2 heterocycles. The average Bonchev–Trinajstić information content (AvgIpc) is 2.77. The summed E-state index contributed by atoms with van der Waals surface area (Å²) in [6, 6.07) is 6.28. The standard InChI is InChI=1S/C15H21N3O/c1-10-6-7-18(11(2)8-10)9-14-17-15-12(16)4-3-5-13(15)19-14/h3-5,10-11H,6-9,16H2,1-2H3. The number of hydrogen-bond donors (Lipinski definition) is 1. The fourth-order valence-electron chi connectivity index (χ4n) is 2.95. The van der Waals surface area contributed by atoms with Crippen LogP contribution in [0, 0.1) is 5.92 Å². The number of aromatic nitrogens is 1. The molecule has 2 atom stereocenters. The van der Waals surface area contributed by atoms with E-state index in [4.69, 9.17) is 10.2 Å². The Morgan fingerprint density at radius 3 is 3.00 bits per heavy atom. The van der Waals surface area contributed by atoms with Crippen molar-refractivity contribution in [3.63, 3.8) is 0 Å². The molecule has 0 aliphatic carbocycles. The monoisotopic (exact) mass is 259 g/mol. The minimum absolute atomic E-state index is 0.594. The van der Waals surface area contributed by atoms with Gasteiger partial charge in [-0.3, -0.25) is 4.90 Å². The number of nitrogen functional groups attached to an aromatic ring is 1. The maximum atomic E-state index is 5.91. The van der Waals surface area contributed by atoms with Crippen LogP contribution in [0.15, 0.2) is 22.6 Å². The maximum absolute atomic E-state index is 5.91.